The standard InChI is InChI=1S/C35H39N5O5.C2HF3O2/c36-16-3-1-2-4-33(42)39-17-15-25-18-28(11-9-27(25)21-39)37-34(43)24-7-5-23(6-8-24)20-40(29-12-13-29)35(44)26-10-14-30-31(19-26)45-22-32(41)38-30;3-2(4,5)1(6)7/h5-11,14,18-19,29H,1-4,12-13,15-17,20-22,36H2,(H,37,43)(H,38,41);(H,6,7). The summed E-state index contributed by atoms with van der Waals surface area (Å²) in [5.41, 5.74) is 11.1. The van der Waals surface area contributed by atoms with Crippen molar-refractivity contribution in [2.45, 2.75) is 70.3 Å². The van der Waals surface area contributed by atoms with Gasteiger partial charge in [-0.15, -0.1) is 0 Å². The van der Waals surface area contributed by atoms with E-state index in [1.807, 2.05) is 40.1 Å². The SMILES string of the molecule is NCCCCCC(=O)N1CCc2cc(NC(=O)c3ccc(CN(C(=O)c4ccc5c(c4)OCC(=O)N5)C4CC4)cc3)ccc2C1.O=C(O)C(F)(F)F. The van der Waals surface area contributed by atoms with Gasteiger partial charge in [0, 0.05) is 48.9 Å². The van der Waals surface area contributed by atoms with Gasteiger partial charge in [0.25, 0.3) is 17.7 Å². The number of rotatable bonds is 11. The van der Waals surface area contributed by atoms with Crippen molar-refractivity contribution in [1.29, 1.82) is 0 Å². The van der Waals surface area contributed by atoms with Crippen LogP contribution in [0, 0.1) is 0 Å². The van der Waals surface area contributed by atoms with E-state index < -0.39 is 12.1 Å². The van der Waals surface area contributed by atoms with E-state index in [4.69, 9.17) is 20.4 Å². The summed E-state index contributed by atoms with van der Waals surface area (Å²) in [6.45, 7) is 2.30. The fourth-order valence-electron chi connectivity index (χ4n) is 5.89. The van der Waals surface area contributed by atoms with Gasteiger partial charge in [0.2, 0.25) is 5.91 Å². The number of nitrogens with two attached hydrogens (primary N) is 1. The highest BCUT2D eigenvalue weighted by Crippen LogP contribution is 2.33. The zero-order chi connectivity index (χ0) is 37.4. The molecule has 1 fully saturated rings. The zero-order valence-corrected chi connectivity index (χ0v) is 28.3. The summed E-state index contributed by atoms with van der Waals surface area (Å²) in [5.74, 6) is -2.59. The number of hydrogen-bond acceptors (Lipinski definition) is 7. The molecule has 3 aromatic rings. The first-order chi connectivity index (χ1) is 24.8. The fourth-order valence-corrected chi connectivity index (χ4v) is 5.89. The summed E-state index contributed by atoms with van der Waals surface area (Å²) in [5, 5.41) is 12.9. The first kappa shape index (κ1) is 37.8. The van der Waals surface area contributed by atoms with Crippen molar-refractivity contribution in [2.75, 3.05) is 30.3 Å². The minimum absolute atomic E-state index is 0.0686. The molecule has 2 heterocycles. The van der Waals surface area contributed by atoms with E-state index in [1.165, 1.54) is 0 Å². The Morgan fingerprint density at radius 1 is 0.962 bits per heavy atom. The average Bonchev–Trinajstić information content (AvgIpc) is 3.97. The second kappa shape index (κ2) is 16.7. The molecule has 4 amide bonds. The van der Waals surface area contributed by atoms with Crippen molar-refractivity contribution in [3.63, 3.8) is 0 Å². The second-order valence-corrected chi connectivity index (χ2v) is 12.8. The average molecular weight is 724 g/mol. The number of carboxylic acids is 1. The molecule has 0 spiro atoms. The number of alkyl halides is 3. The third-order valence-electron chi connectivity index (χ3n) is 8.85. The van der Waals surface area contributed by atoms with Gasteiger partial charge in [-0.3, -0.25) is 19.2 Å². The molecule has 1 aliphatic carbocycles. The first-order valence-electron chi connectivity index (χ1n) is 17.0. The highest BCUT2D eigenvalue weighted by atomic mass is 19.4. The first-order valence-corrected chi connectivity index (χ1v) is 17.0. The number of carbonyl (C=O) groups is 5. The second-order valence-electron chi connectivity index (χ2n) is 12.8. The van der Waals surface area contributed by atoms with Crippen LogP contribution in [0.3, 0.4) is 0 Å². The summed E-state index contributed by atoms with van der Waals surface area (Å²) >= 11 is 0. The van der Waals surface area contributed by atoms with Crippen LogP contribution in [0.25, 0.3) is 0 Å². The Bertz CT molecular complexity index is 1810. The Kier molecular flexibility index (Phi) is 12.2. The van der Waals surface area contributed by atoms with Gasteiger partial charge in [-0.05, 0) is 97.8 Å². The Morgan fingerprint density at radius 2 is 1.67 bits per heavy atom. The molecule has 52 heavy (non-hydrogen) atoms. The van der Waals surface area contributed by atoms with E-state index in [-0.39, 0.29) is 36.3 Å². The summed E-state index contributed by atoms with van der Waals surface area (Å²) in [6.07, 6.45) is 0.938. The number of ether oxygens (including phenoxy) is 1. The van der Waals surface area contributed by atoms with E-state index in [1.54, 1.807) is 30.3 Å². The third kappa shape index (κ3) is 10.1. The smallest absolute Gasteiger partial charge is 0.482 e. The number of unbranched alkanes of at least 4 members (excludes halogenated alkanes) is 2. The summed E-state index contributed by atoms with van der Waals surface area (Å²) in [7, 11) is 0. The molecule has 0 aromatic heterocycles. The monoisotopic (exact) mass is 723 g/mol. The van der Waals surface area contributed by atoms with Gasteiger partial charge < -0.3 is 36.0 Å². The Hall–Kier alpha value is -5.44. The molecule has 6 rings (SSSR count). The number of hydrogen-bond donors (Lipinski definition) is 4. The maximum absolute atomic E-state index is 13.5. The molecule has 12 nitrogen and oxygen atoms in total. The maximum atomic E-state index is 13.5. The summed E-state index contributed by atoms with van der Waals surface area (Å²) in [4.78, 5) is 63.4. The molecule has 0 atom stereocenters. The van der Waals surface area contributed by atoms with Crippen LogP contribution in [-0.2, 0) is 33.9 Å². The molecule has 0 unspecified atom stereocenters. The van der Waals surface area contributed by atoms with Crippen LogP contribution in [0.4, 0.5) is 24.5 Å². The molecule has 0 radical (unpaired) electrons. The topological polar surface area (TPSA) is 171 Å². The largest absolute Gasteiger partial charge is 0.490 e. The molecule has 1 saturated carbocycles. The lowest BCUT2D eigenvalue weighted by Crippen LogP contribution is -2.35. The third-order valence-corrected chi connectivity index (χ3v) is 8.85. The molecule has 0 saturated heterocycles. The van der Waals surface area contributed by atoms with Gasteiger partial charge in [-0.25, -0.2) is 4.79 Å². The van der Waals surface area contributed by atoms with Gasteiger partial charge in [0.1, 0.15) is 5.75 Å². The molecule has 3 aromatic carbocycles. The molecule has 2 aliphatic heterocycles. The minimum atomic E-state index is -5.08. The number of halogens is 3. The van der Waals surface area contributed by atoms with Crippen molar-refractivity contribution in [3.05, 3.63) is 88.5 Å². The fraction of sp³-hybridized carbons (Fsp3) is 0.378. The van der Waals surface area contributed by atoms with Gasteiger partial charge in [-0.2, -0.15) is 13.2 Å². The van der Waals surface area contributed by atoms with Gasteiger partial charge >= 0.3 is 12.1 Å². The van der Waals surface area contributed by atoms with Crippen molar-refractivity contribution in [3.8, 4) is 5.75 Å². The van der Waals surface area contributed by atoms with Crippen LogP contribution in [0.1, 0.15) is 75.9 Å². The highest BCUT2D eigenvalue weighted by Gasteiger charge is 2.38. The number of carbonyl (C=O) groups excluding carboxylic acids is 4. The lowest BCUT2D eigenvalue weighted by Gasteiger charge is -2.29. The molecule has 15 heteroatoms. The van der Waals surface area contributed by atoms with E-state index in [0.29, 0.717) is 55.2 Å². The predicted octanol–water partition coefficient (Wildman–Crippen LogP) is 5.11. The van der Waals surface area contributed by atoms with Crippen LogP contribution in [-0.4, -0.2) is 76.4 Å². The van der Waals surface area contributed by atoms with Crippen LogP contribution in [0.5, 0.6) is 5.75 Å². The zero-order valence-electron chi connectivity index (χ0n) is 28.3. The lowest BCUT2D eigenvalue weighted by atomic mass is 9.98. The van der Waals surface area contributed by atoms with Crippen molar-refractivity contribution in [1.82, 2.24) is 9.80 Å². The van der Waals surface area contributed by atoms with Crippen molar-refractivity contribution >= 4 is 41.0 Å². The predicted molar refractivity (Wildman–Crippen MR) is 185 cm³/mol. The molecule has 0 bridgehead atoms. The Labute approximate surface area is 298 Å². The number of carboxylic acid groups (broad SMARTS) is 1. The summed E-state index contributed by atoms with van der Waals surface area (Å²) in [6, 6.07) is 18.5. The number of nitrogens with one attached hydrogen (secondary N) is 2. The van der Waals surface area contributed by atoms with Crippen LogP contribution >= 0.6 is 0 Å². The van der Waals surface area contributed by atoms with Gasteiger partial charge in [0.05, 0.1) is 5.69 Å². The van der Waals surface area contributed by atoms with Crippen LogP contribution < -0.4 is 21.1 Å². The highest BCUT2D eigenvalue weighted by molar-refractivity contribution is 6.04. The van der Waals surface area contributed by atoms with Crippen LogP contribution in [0.15, 0.2) is 60.7 Å². The van der Waals surface area contributed by atoms with Crippen molar-refractivity contribution < 1.29 is 47.0 Å². The number of benzene rings is 3. The summed E-state index contributed by atoms with van der Waals surface area (Å²) < 4.78 is 37.2. The quantitative estimate of drug-likeness (QED) is 0.198. The number of nitrogens with zero attached hydrogens (tertiary/aromatic N) is 2. The molecule has 276 valence electrons. The molecular formula is C37H40F3N5O7. The molecular weight excluding hydrogens is 683 g/mol. The minimum Gasteiger partial charge on any atom is -0.482 e. The molecule has 5 N–H and O–H groups in total. The van der Waals surface area contributed by atoms with E-state index in [0.717, 1.165) is 60.9 Å². The van der Waals surface area contributed by atoms with E-state index in [2.05, 4.69) is 10.6 Å². The van der Waals surface area contributed by atoms with Gasteiger partial charge in [-0.1, -0.05) is 24.6 Å². The normalized spacial score (nSPS) is 14.8. The number of amides is 4. The Morgan fingerprint density at radius 3 is 2.35 bits per heavy atom. The number of aliphatic carboxylic acids is 1. The van der Waals surface area contributed by atoms with E-state index >= 15 is 0 Å². The number of anilines is 2. The Balaban J connectivity index is 0.000000679. The maximum Gasteiger partial charge on any atom is 0.490 e. The van der Waals surface area contributed by atoms with Crippen molar-refractivity contribution in [2.24, 2.45) is 5.73 Å². The number of fused-ring (bicyclic) bond motifs is 2. The van der Waals surface area contributed by atoms with Crippen LogP contribution in [0.2, 0.25) is 0 Å². The van der Waals surface area contributed by atoms with E-state index in [9.17, 15) is 32.3 Å². The van der Waals surface area contributed by atoms with Gasteiger partial charge in [0.15, 0.2) is 6.61 Å². The lowest BCUT2D eigenvalue weighted by molar-refractivity contribution is -0.192. The molecule has 3 aliphatic rings.